The van der Waals surface area contributed by atoms with Crippen LogP contribution in [0.3, 0.4) is 0 Å². The van der Waals surface area contributed by atoms with Gasteiger partial charge in [-0.3, -0.25) is 0 Å². The zero-order valence-electron chi connectivity index (χ0n) is 6.64. The van der Waals surface area contributed by atoms with E-state index in [4.69, 9.17) is 5.11 Å². The Hall–Kier alpha value is -1.36. The highest BCUT2D eigenvalue weighted by molar-refractivity contribution is 8.93. The van der Waals surface area contributed by atoms with Gasteiger partial charge in [0.2, 0.25) is 0 Å². The van der Waals surface area contributed by atoms with Gasteiger partial charge >= 0.3 is 0 Å². The third kappa shape index (κ3) is 2.06. The van der Waals surface area contributed by atoms with Gasteiger partial charge in [0, 0.05) is 5.56 Å². The Bertz CT molecular complexity index is 357. The minimum atomic E-state index is 0. The van der Waals surface area contributed by atoms with Crippen molar-refractivity contribution in [2.45, 2.75) is 0 Å². The fraction of sp³-hybridized carbons (Fsp3) is 0. The van der Waals surface area contributed by atoms with Gasteiger partial charge in [-0.05, 0) is 24.3 Å². The van der Waals surface area contributed by atoms with E-state index in [0.717, 1.165) is 11.3 Å². The fourth-order valence-corrected chi connectivity index (χ4v) is 0.973. The van der Waals surface area contributed by atoms with Crippen molar-refractivity contribution in [1.82, 2.24) is 15.4 Å². The third-order valence-corrected chi connectivity index (χ3v) is 1.58. The van der Waals surface area contributed by atoms with Crippen molar-refractivity contribution in [2.24, 2.45) is 0 Å². The van der Waals surface area contributed by atoms with Crippen LogP contribution in [0.15, 0.2) is 30.5 Å². The molecule has 0 aliphatic heterocycles. The zero-order chi connectivity index (χ0) is 8.39. The predicted molar refractivity (Wildman–Crippen MR) is 53.8 cm³/mol. The molecule has 0 spiro atoms. The van der Waals surface area contributed by atoms with Crippen LogP contribution in [0, 0.1) is 0 Å². The molecule has 2 rings (SSSR count). The Morgan fingerprint density at radius 2 is 1.85 bits per heavy atom. The number of phenolic OH excluding ortho intramolecular Hbond substituents is 1. The van der Waals surface area contributed by atoms with Crippen molar-refractivity contribution < 1.29 is 5.11 Å². The molecule has 0 atom stereocenters. The summed E-state index contributed by atoms with van der Waals surface area (Å²) in [6, 6.07) is 6.80. The molecule has 4 nitrogen and oxygen atoms in total. The molecule has 13 heavy (non-hydrogen) atoms. The second-order valence-corrected chi connectivity index (χ2v) is 2.40. The zero-order valence-corrected chi connectivity index (χ0v) is 8.35. The van der Waals surface area contributed by atoms with E-state index < -0.39 is 0 Å². The number of hydrogen-bond acceptors (Lipinski definition) is 3. The van der Waals surface area contributed by atoms with Gasteiger partial charge < -0.3 is 5.11 Å². The van der Waals surface area contributed by atoms with E-state index in [1.54, 1.807) is 30.5 Å². The standard InChI is InChI=1S/C8H7N3O.BrH/c12-7-3-1-6(2-4-7)8-5-9-11-10-8;/h1-5,12H,(H,9,10,11);1H. The van der Waals surface area contributed by atoms with Crippen LogP contribution in [-0.4, -0.2) is 20.5 Å². The Morgan fingerprint density at radius 1 is 1.15 bits per heavy atom. The number of halogens is 1. The van der Waals surface area contributed by atoms with Gasteiger partial charge in [-0.15, -0.1) is 17.0 Å². The summed E-state index contributed by atoms with van der Waals surface area (Å²) in [6.45, 7) is 0. The quantitative estimate of drug-likeness (QED) is 0.800. The largest absolute Gasteiger partial charge is 0.508 e. The summed E-state index contributed by atoms with van der Waals surface area (Å²) in [7, 11) is 0. The molecular formula is C8H8BrN3O. The second-order valence-electron chi connectivity index (χ2n) is 2.40. The van der Waals surface area contributed by atoms with Crippen molar-refractivity contribution in [3.8, 4) is 17.0 Å². The Balaban J connectivity index is 0.000000845. The normalized spacial score (nSPS) is 9.23. The molecule has 2 aromatic rings. The lowest BCUT2D eigenvalue weighted by Crippen LogP contribution is -1.76. The maximum atomic E-state index is 9.01. The molecule has 1 aromatic heterocycles. The van der Waals surface area contributed by atoms with E-state index in [2.05, 4.69) is 15.4 Å². The highest BCUT2D eigenvalue weighted by Gasteiger charge is 1.98. The maximum absolute atomic E-state index is 9.01. The number of nitrogens with zero attached hydrogens (tertiary/aromatic N) is 2. The van der Waals surface area contributed by atoms with Crippen LogP contribution in [0.4, 0.5) is 0 Å². The lowest BCUT2D eigenvalue weighted by Gasteiger charge is -1.94. The number of H-pyrrole nitrogens is 1. The first-order valence-corrected chi connectivity index (χ1v) is 3.51. The minimum absolute atomic E-state index is 0. The second kappa shape index (κ2) is 4.04. The summed E-state index contributed by atoms with van der Waals surface area (Å²) in [5, 5.41) is 19.1. The molecule has 0 bridgehead atoms. The smallest absolute Gasteiger partial charge is 0.115 e. The Morgan fingerprint density at radius 3 is 2.38 bits per heavy atom. The van der Waals surface area contributed by atoms with Crippen LogP contribution in [0.2, 0.25) is 0 Å². The third-order valence-electron chi connectivity index (χ3n) is 1.58. The summed E-state index contributed by atoms with van der Waals surface area (Å²) in [6.07, 6.45) is 1.63. The fourth-order valence-electron chi connectivity index (χ4n) is 0.973. The summed E-state index contributed by atoms with van der Waals surface area (Å²) in [4.78, 5) is 0. The van der Waals surface area contributed by atoms with Gasteiger partial charge in [0.25, 0.3) is 0 Å². The highest BCUT2D eigenvalue weighted by atomic mass is 79.9. The van der Waals surface area contributed by atoms with E-state index in [1.807, 2.05) is 0 Å². The van der Waals surface area contributed by atoms with Crippen LogP contribution >= 0.6 is 17.0 Å². The SMILES string of the molecule is Br.Oc1ccc(-c2cn[nH]n2)cc1. The van der Waals surface area contributed by atoms with E-state index in [1.165, 1.54) is 0 Å². The van der Waals surface area contributed by atoms with Crippen LogP contribution in [-0.2, 0) is 0 Å². The molecule has 0 radical (unpaired) electrons. The van der Waals surface area contributed by atoms with E-state index in [-0.39, 0.29) is 22.7 Å². The number of benzene rings is 1. The van der Waals surface area contributed by atoms with Crippen LogP contribution in [0.5, 0.6) is 5.75 Å². The number of hydrogen-bond donors (Lipinski definition) is 2. The average Bonchev–Trinajstić information content (AvgIpc) is 2.58. The lowest BCUT2D eigenvalue weighted by atomic mass is 10.2. The van der Waals surface area contributed by atoms with Crippen molar-refractivity contribution >= 4 is 17.0 Å². The van der Waals surface area contributed by atoms with E-state index in [9.17, 15) is 0 Å². The molecule has 0 saturated heterocycles. The van der Waals surface area contributed by atoms with Crippen LogP contribution < -0.4 is 0 Å². The highest BCUT2D eigenvalue weighted by Crippen LogP contribution is 2.18. The molecular weight excluding hydrogens is 234 g/mol. The molecule has 0 saturated carbocycles. The molecule has 0 unspecified atom stereocenters. The molecule has 1 aromatic carbocycles. The summed E-state index contributed by atoms with van der Waals surface area (Å²) in [5.41, 5.74) is 1.71. The number of phenols is 1. The van der Waals surface area contributed by atoms with Gasteiger partial charge in [0.05, 0.1) is 6.20 Å². The average molecular weight is 242 g/mol. The maximum Gasteiger partial charge on any atom is 0.115 e. The molecule has 0 aliphatic rings. The van der Waals surface area contributed by atoms with E-state index in [0.29, 0.717) is 0 Å². The van der Waals surface area contributed by atoms with E-state index >= 15 is 0 Å². The number of aromatic hydroxyl groups is 1. The first-order valence-electron chi connectivity index (χ1n) is 3.51. The van der Waals surface area contributed by atoms with Gasteiger partial charge in [0.15, 0.2) is 0 Å². The van der Waals surface area contributed by atoms with Crippen molar-refractivity contribution in [1.29, 1.82) is 0 Å². The number of aromatic amines is 1. The minimum Gasteiger partial charge on any atom is -0.508 e. The van der Waals surface area contributed by atoms with Crippen molar-refractivity contribution in [3.63, 3.8) is 0 Å². The van der Waals surface area contributed by atoms with Crippen LogP contribution in [0.1, 0.15) is 0 Å². The molecule has 0 aliphatic carbocycles. The number of nitrogens with one attached hydrogen (secondary N) is 1. The monoisotopic (exact) mass is 241 g/mol. The number of rotatable bonds is 1. The van der Waals surface area contributed by atoms with Gasteiger partial charge in [-0.1, -0.05) is 0 Å². The van der Waals surface area contributed by atoms with Crippen LogP contribution in [0.25, 0.3) is 11.3 Å². The first-order chi connectivity index (χ1) is 5.86. The topological polar surface area (TPSA) is 61.8 Å². The first kappa shape index (κ1) is 9.73. The van der Waals surface area contributed by atoms with Gasteiger partial charge in [-0.25, -0.2) is 0 Å². The number of aromatic nitrogens is 3. The van der Waals surface area contributed by atoms with Gasteiger partial charge in [0.1, 0.15) is 11.4 Å². The molecule has 2 N–H and O–H groups in total. The molecule has 68 valence electrons. The molecule has 1 heterocycles. The predicted octanol–water partition coefficient (Wildman–Crippen LogP) is 1.76. The molecule has 0 fully saturated rings. The van der Waals surface area contributed by atoms with Crippen molar-refractivity contribution in [2.75, 3.05) is 0 Å². The summed E-state index contributed by atoms with van der Waals surface area (Å²) in [5.74, 6) is 0.252. The molecule has 5 heteroatoms. The summed E-state index contributed by atoms with van der Waals surface area (Å²) < 4.78 is 0. The summed E-state index contributed by atoms with van der Waals surface area (Å²) >= 11 is 0. The molecule has 0 amide bonds. The van der Waals surface area contributed by atoms with Crippen molar-refractivity contribution in [3.05, 3.63) is 30.5 Å². The Kier molecular flexibility index (Phi) is 3.02. The lowest BCUT2D eigenvalue weighted by molar-refractivity contribution is 0.475. The Labute approximate surface area is 85.4 Å². The van der Waals surface area contributed by atoms with Gasteiger partial charge in [-0.2, -0.15) is 15.4 Å².